The van der Waals surface area contributed by atoms with Gasteiger partial charge in [-0.3, -0.25) is 0 Å². The molecule has 0 saturated carbocycles. The van der Waals surface area contributed by atoms with E-state index in [-0.39, 0.29) is 47.0 Å². The molecule has 0 atom stereocenters. The minimum atomic E-state index is -0.00105. The smallest absolute Gasteiger partial charge is 0.0108 e. The van der Waals surface area contributed by atoms with Crippen molar-refractivity contribution >= 4 is 47.0 Å². The summed E-state index contributed by atoms with van der Waals surface area (Å²) in [5, 5.41) is 0. The lowest BCUT2D eigenvalue weighted by Crippen LogP contribution is -2.72. The summed E-state index contributed by atoms with van der Waals surface area (Å²) < 4.78 is 0. The third kappa shape index (κ3) is 1.87. The number of hydrogen-bond acceptors (Lipinski definition) is 0. The zero-order valence-corrected chi connectivity index (χ0v) is 16.4. The number of rotatable bonds is 0. The molecule has 0 N–H and O–H groups in total. The highest BCUT2D eigenvalue weighted by molar-refractivity contribution is 7.95. The fourth-order valence-electron chi connectivity index (χ4n) is 2.87. The highest BCUT2D eigenvalue weighted by Crippen LogP contribution is 2.15. The predicted molar refractivity (Wildman–Crippen MR) is 78.1 cm³/mol. The standard InChI is InChI=1S/C6H24Si6/c1-7-8(2)10(4)12(6)11(5)9(7)3/h7-12H,1-6H3. The Bertz CT molecular complexity index is 104. The molecule has 0 aromatic rings. The van der Waals surface area contributed by atoms with E-state index in [1.165, 1.54) is 0 Å². The van der Waals surface area contributed by atoms with Gasteiger partial charge in [0, 0.05) is 47.0 Å². The molecule has 1 rings (SSSR count). The van der Waals surface area contributed by atoms with Crippen LogP contribution in [0.5, 0.6) is 0 Å². The van der Waals surface area contributed by atoms with E-state index >= 15 is 0 Å². The molecule has 12 heavy (non-hydrogen) atoms. The molecule has 0 spiro atoms. The topological polar surface area (TPSA) is 0 Å². The highest BCUT2D eigenvalue weighted by Gasteiger charge is 2.42. The van der Waals surface area contributed by atoms with Crippen LogP contribution in [-0.2, 0) is 0 Å². The first-order valence-electron chi connectivity index (χ1n) is 5.46. The Balaban J connectivity index is 2.76. The quantitative estimate of drug-likeness (QED) is 0.523. The molecule has 0 aliphatic carbocycles. The van der Waals surface area contributed by atoms with Crippen molar-refractivity contribution < 1.29 is 0 Å². The van der Waals surface area contributed by atoms with E-state index in [0.717, 1.165) is 0 Å². The van der Waals surface area contributed by atoms with E-state index < -0.39 is 0 Å². The van der Waals surface area contributed by atoms with Gasteiger partial charge in [0.25, 0.3) is 0 Å². The van der Waals surface area contributed by atoms with E-state index in [0.29, 0.717) is 0 Å². The Morgan fingerprint density at radius 1 is 0.333 bits per heavy atom. The van der Waals surface area contributed by atoms with Gasteiger partial charge in [0.1, 0.15) is 0 Å². The normalized spacial score (nSPS) is 55.5. The lowest BCUT2D eigenvalue weighted by atomic mass is 11.9. The largest absolute Gasteiger partial charge is 0.0765 e. The van der Waals surface area contributed by atoms with Crippen LogP contribution in [-0.4, -0.2) is 47.0 Å². The highest BCUT2D eigenvalue weighted by atomic mass is 30.1. The Hall–Kier alpha value is 1.30. The predicted octanol–water partition coefficient (Wildman–Crippen LogP) is -0.388. The molecule has 1 fully saturated rings. The van der Waals surface area contributed by atoms with Crippen molar-refractivity contribution in [1.29, 1.82) is 0 Å². The average Bonchev–Trinajstić information content (AvgIpc) is 2.08. The summed E-state index contributed by atoms with van der Waals surface area (Å²) in [6.07, 6.45) is 0. The first-order chi connectivity index (χ1) is 5.46. The molecule has 1 heterocycles. The molecule has 0 aromatic heterocycles. The zero-order chi connectivity index (χ0) is 9.46. The maximum Gasteiger partial charge on any atom is 0.0108 e. The van der Waals surface area contributed by atoms with Gasteiger partial charge >= 0.3 is 0 Å². The summed E-state index contributed by atoms with van der Waals surface area (Å²) in [6.45, 7) is 16.7. The van der Waals surface area contributed by atoms with Crippen molar-refractivity contribution in [2.45, 2.75) is 39.3 Å². The summed E-state index contributed by atoms with van der Waals surface area (Å²) >= 11 is 0. The van der Waals surface area contributed by atoms with Gasteiger partial charge in [0.2, 0.25) is 0 Å². The molecular formula is C6H24Si6. The van der Waals surface area contributed by atoms with Gasteiger partial charge in [0.15, 0.2) is 0 Å². The van der Waals surface area contributed by atoms with Crippen molar-refractivity contribution in [2.75, 3.05) is 0 Å². The summed E-state index contributed by atoms with van der Waals surface area (Å²) in [5.41, 5.74) is 0. The molecule has 1 aliphatic rings. The molecule has 6 heteroatoms. The molecule has 0 amide bonds. The van der Waals surface area contributed by atoms with Gasteiger partial charge < -0.3 is 0 Å². The lowest BCUT2D eigenvalue weighted by molar-refractivity contribution is 2.09. The fourth-order valence-corrected chi connectivity index (χ4v) is 233. The molecular weight excluding hydrogens is 241 g/mol. The Kier molecular flexibility index (Phi) is 4.00. The van der Waals surface area contributed by atoms with Crippen LogP contribution in [0.15, 0.2) is 0 Å². The first kappa shape index (κ1) is 11.4. The average molecular weight is 265 g/mol. The second-order valence-corrected chi connectivity index (χ2v) is 67.2. The van der Waals surface area contributed by atoms with Gasteiger partial charge in [0.05, 0.1) is 0 Å². The van der Waals surface area contributed by atoms with Crippen LogP contribution >= 0.6 is 0 Å². The second-order valence-electron chi connectivity index (χ2n) is 5.15. The zero-order valence-electron chi connectivity index (χ0n) is 9.46. The van der Waals surface area contributed by atoms with Crippen LogP contribution in [0.25, 0.3) is 0 Å². The minimum Gasteiger partial charge on any atom is -0.0765 e. The monoisotopic (exact) mass is 264 g/mol. The molecule has 0 aromatic carbocycles. The summed E-state index contributed by atoms with van der Waals surface area (Å²) in [4.78, 5) is 0. The lowest BCUT2D eigenvalue weighted by Gasteiger charge is -2.42. The SMILES string of the molecule is C[SiH]1[SiH](C)[SiH](C)[SiH](C)[SiH](C)[SiH]1C. The minimum absolute atomic E-state index is 0.00105. The van der Waals surface area contributed by atoms with Crippen LogP contribution in [0, 0.1) is 0 Å². The van der Waals surface area contributed by atoms with Gasteiger partial charge in [-0.25, -0.2) is 0 Å². The van der Waals surface area contributed by atoms with E-state index in [1.54, 1.807) is 0 Å². The van der Waals surface area contributed by atoms with Crippen molar-refractivity contribution in [1.82, 2.24) is 0 Å². The van der Waals surface area contributed by atoms with E-state index in [2.05, 4.69) is 39.3 Å². The maximum atomic E-state index is 2.78. The molecule has 0 bridgehead atoms. The van der Waals surface area contributed by atoms with Crippen molar-refractivity contribution in [2.24, 2.45) is 0 Å². The van der Waals surface area contributed by atoms with Crippen molar-refractivity contribution in [3.05, 3.63) is 0 Å². The molecule has 0 nitrogen and oxygen atoms in total. The second kappa shape index (κ2) is 4.22. The summed E-state index contributed by atoms with van der Waals surface area (Å²) in [6, 6.07) is 0. The Labute approximate surface area is 86.2 Å². The Morgan fingerprint density at radius 2 is 0.417 bits per heavy atom. The van der Waals surface area contributed by atoms with Crippen molar-refractivity contribution in [3.63, 3.8) is 0 Å². The molecule has 0 unspecified atom stereocenters. The first-order valence-corrected chi connectivity index (χ1v) is 28.4. The maximum absolute atomic E-state index is 2.78. The van der Waals surface area contributed by atoms with Gasteiger partial charge in [-0.1, -0.05) is 39.3 Å². The van der Waals surface area contributed by atoms with Gasteiger partial charge in [-0.05, 0) is 0 Å². The number of hydrogen-bond donors (Lipinski definition) is 0. The van der Waals surface area contributed by atoms with E-state index in [1.807, 2.05) is 0 Å². The van der Waals surface area contributed by atoms with Gasteiger partial charge in [-0.2, -0.15) is 0 Å². The van der Waals surface area contributed by atoms with E-state index in [4.69, 9.17) is 0 Å². The van der Waals surface area contributed by atoms with Gasteiger partial charge in [-0.15, -0.1) is 0 Å². The van der Waals surface area contributed by atoms with Crippen LogP contribution in [0.2, 0.25) is 39.3 Å². The fraction of sp³-hybridized carbons (Fsp3) is 1.00. The van der Waals surface area contributed by atoms with Crippen LogP contribution in [0.3, 0.4) is 0 Å². The van der Waals surface area contributed by atoms with Crippen LogP contribution < -0.4 is 0 Å². The van der Waals surface area contributed by atoms with Crippen LogP contribution in [0.1, 0.15) is 0 Å². The Morgan fingerprint density at radius 3 is 0.500 bits per heavy atom. The molecule has 0 radical (unpaired) electrons. The van der Waals surface area contributed by atoms with Crippen LogP contribution in [0.4, 0.5) is 0 Å². The molecule has 72 valence electrons. The van der Waals surface area contributed by atoms with E-state index in [9.17, 15) is 0 Å². The molecule has 1 saturated heterocycles. The van der Waals surface area contributed by atoms with Crippen molar-refractivity contribution in [3.8, 4) is 0 Å². The summed E-state index contributed by atoms with van der Waals surface area (Å²) in [7, 11) is -0.00630. The third-order valence-electron chi connectivity index (χ3n) is 4.98. The summed E-state index contributed by atoms with van der Waals surface area (Å²) in [5.74, 6) is 0. The third-order valence-corrected chi connectivity index (χ3v) is 134. The molecule has 1 aliphatic heterocycles.